The predicted molar refractivity (Wildman–Crippen MR) is 81.1 cm³/mol. The highest BCUT2D eigenvalue weighted by Crippen LogP contribution is 2.38. The Morgan fingerprint density at radius 3 is 2.39 bits per heavy atom. The van der Waals surface area contributed by atoms with Crippen LogP contribution in [0.15, 0.2) is 17.0 Å². The minimum absolute atomic E-state index is 0.0362. The number of sulfonamides is 1. The molecule has 0 aromatic heterocycles. The van der Waals surface area contributed by atoms with Crippen LogP contribution in [0.5, 0.6) is 11.5 Å². The Labute approximate surface area is 134 Å². The molecular formula is C14H18N2O6S. The highest BCUT2D eigenvalue weighted by atomic mass is 32.2. The summed E-state index contributed by atoms with van der Waals surface area (Å²) in [5.74, 6) is -0.852. The van der Waals surface area contributed by atoms with Crippen molar-refractivity contribution in [2.45, 2.75) is 18.2 Å². The Morgan fingerprint density at radius 2 is 1.83 bits per heavy atom. The van der Waals surface area contributed by atoms with Crippen molar-refractivity contribution in [2.24, 2.45) is 0 Å². The number of fused-ring (bicyclic) bond motifs is 1. The van der Waals surface area contributed by atoms with E-state index >= 15 is 0 Å². The van der Waals surface area contributed by atoms with E-state index in [-0.39, 0.29) is 22.0 Å². The quantitative estimate of drug-likeness (QED) is 0.802. The summed E-state index contributed by atoms with van der Waals surface area (Å²) < 4.78 is 35.7. The van der Waals surface area contributed by atoms with Crippen molar-refractivity contribution in [2.75, 3.05) is 27.3 Å². The molecule has 0 unspecified atom stereocenters. The smallest absolute Gasteiger partial charge is 0.269 e. The van der Waals surface area contributed by atoms with Gasteiger partial charge in [0.1, 0.15) is 11.4 Å². The Balaban J connectivity index is 2.40. The molecule has 1 aromatic carbocycles. The molecule has 8 nitrogen and oxygen atoms in total. The van der Waals surface area contributed by atoms with E-state index in [1.807, 2.05) is 6.92 Å². The molecule has 1 heterocycles. The standard InChI is InChI=1S/C14H18N2O6S/c1-4-5-15-13(17)8-16-14(18)9-6-10(21-2)11(22-3)7-12(9)23(16,19)20/h6-7H,4-5,8H2,1-3H3,(H,15,17). The average Bonchev–Trinajstić information content (AvgIpc) is 2.72. The van der Waals surface area contributed by atoms with Gasteiger partial charge in [-0.05, 0) is 12.5 Å². The summed E-state index contributed by atoms with van der Waals surface area (Å²) in [6.07, 6.45) is 0.709. The predicted octanol–water partition coefficient (Wildman–Crippen LogP) is 0.374. The van der Waals surface area contributed by atoms with Crippen molar-refractivity contribution in [3.05, 3.63) is 17.7 Å². The van der Waals surface area contributed by atoms with Crippen LogP contribution in [0.4, 0.5) is 0 Å². The fourth-order valence-electron chi connectivity index (χ4n) is 2.21. The van der Waals surface area contributed by atoms with E-state index in [9.17, 15) is 18.0 Å². The molecule has 1 N–H and O–H groups in total. The molecule has 1 aliphatic rings. The molecule has 1 aromatic rings. The van der Waals surface area contributed by atoms with Gasteiger partial charge in [-0.3, -0.25) is 9.59 Å². The molecule has 0 fully saturated rings. The summed E-state index contributed by atoms with van der Waals surface area (Å²) >= 11 is 0. The first-order chi connectivity index (χ1) is 10.9. The minimum atomic E-state index is -4.09. The zero-order valence-electron chi connectivity index (χ0n) is 13.1. The molecule has 0 aliphatic carbocycles. The largest absolute Gasteiger partial charge is 0.493 e. The summed E-state index contributed by atoms with van der Waals surface area (Å²) in [6, 6.07) is 2.53. The second-order valence-corrected chi connectivity index (χ2v) is 6.70. The number of benzene rings is 1. The van der Waals surface area contributed by atoms with Crippen LogP contribution in [-0.4, -0.2) is 51.8 Å². The first-order valence-electron chi connectivity index (χ1n) is 6.96. The molecule has 1 aliphatic heterocycles. The van der Waals surface area contributed by atoms with Crippen LogP contribution in [0, 0.1) is 0 Å². The van der Waals surface area contributed by atoms with Crippen molar-refractivity contribution >= 4 is 21.8 Å². The van der Waals surface area contributed by atoms with Gasteiger partial charge >= 0.3 is 0 Å². The maximum absolute atomic E-state index is 12.5. The van der Waals surface area contributed by atoms with Gasteiger partial charge in [-0.1, -0.05) is 6.92 Å². The van der Waals surface area contributed by atoms with Crippen LogP contribution >= 0.6 is 0 Å². The third-order valence-electron chi connectivity index (χ3n) is 3.37. The molecule has 0 bridgehead atoms. The first-order valence-corrected chi connectivity index (χ1v) is 8.40. The number of hydrogen-bond donors (Lipinski definition) is 1. The van der Waals surface area contributed by atoms with Crippen molar-refractivity contribution < 1.29 is 27.5 Å². The topological polar surface area (TPSA) is 102 Å². The van der Waals surface area contributed by atoms with Gasteiger partial charge in [0.05, 0.1) is 19.8 Å². The van der Waals surface area contributed by atoms with E-state index in [1.54, 1.807) is 0 Å². The number of methoxy groups -OCH3 is 2. The summed E-state index contributed by atoms with van der Waals surface area (Å²) in [5.41, 5.74) is -0.0362. The molecule has 0 radical (unpaired) electrons. The molecule has 2 rings (SSSR count). The first kappa shape index (κ1) is 17.1. The van der Waals surface area contributed by atoms with E-state index in [4.69, 9.17) is 9.47 Å². The second kappa shape index (κ2) is 6.45. The number of nitrogens with zero attached hydrogens (tertiary/aromatic N) is 1. The minimum Gasteiger partial charge on any atom is -0.493 e. The van der Waals surface area contributed by atoms with Crippen LogP contribution in [0.1, 0.15) is 23.7 Å². The van der Waals surface area contributed by atoms with E-state index < -0.39 is 28.4 Å². The highest BCUT2D eigenvalue weighted by molar-refractivity contribution is 7.90. The molecule has 0 saturated carbocycles. The molecule has 9 heteroatoms. The molecule has 0 atom stereocenters. The van der Waals surface area contributed by atoms with Gasteiger partial charge in [0.2, 0.25) is 5.91 Å². The number of carbonyl (C=O) groups is 2. The average molecular weight is 342 g/mol. The van der Waals surface area contributed by atoms with Crippen LogP contribution in [0.25, 0.3) is 0 Å². The van der Waals surface area contributed by atoms with Gasteiger partial charge in [-0.15, -0.1) is 0 Å². The summed E-state index contributed by atoms with van der Waals surface area (Å²) in [5, 5.41) is 2.54. The number of carbonyl (C=O) groups excluding carboxylic acids is 2. The van der Waals surface area contributed by atoms with Gasteiger partial charge in [-0.25, -0.2) is 12.7 Å². The Hall–Kier alpha value is -2.29. The lowest BCUT2D eigenvalue weighted by Crippen LogP contribution is -2.40. The van der Waals surface area contributed by atoms with Crippen molar-refractivity contribution in [1.82, 2.24) is 9.62 Å². The van der Waals surface area contributed by atoms with Gasteiger partial charge in [0.25, 0.3) is 15.9 Å². The fraction of sp³-hybridized carbons (Fsp3) is 0.429. The summed E-state index contributed by atoms with van der Waals surface area (Å²) in [4.78, 5) is 23.9. The van der Waals surface area contributed by atoms with Crippen molar-refractivity contribution in [3.63, 3.8) is 0 Å². The zero-order valence-corrected chi connectivity index (χ0v) is 13.9. The van der Waals surface area contributed by atoms with Gasteiger partial charge < -0.3 is 14.8 Å². The van der Waals surface area contributed by atoms with E-state index in [2.05, 4.69) is 5.32 Å². The van der Waals surface area contributed by atoms with Gasteiger partial charge in [0.15, 0.2) is 11.5 Å². The maximum atomic E-state index is 12.5. The van der Waals surface area contributed by atoms with Crippen molar-refractivity contribution in [3.8, 4) is 11.5 Å². The summed E-state index contributed by atoms with van der Waals surface area (Å²) in [7, 11) is -1.34. The summed E-state index contributed by atoms with van der Waals surface area (Å²) in [6.45, 7) is 1.72. The molecule has 0 saturated heterocycles. The number of nitrogens with one attached hydrogen (secondary N) is 1. The second-order valence-electron chi connectivity index (χ2n) is 4.87. The maximum Gasteiger partial charge on any atom is 0.269 e. The van der Waals surface area contributed by atoms with Crippen LogP contribution in [-0.2, 0) is 14.8 Å². The molecular weight excluding hydrogens is 324 g/mol. The molecule has 0 spiro atoms. The molecule has 126 valence electrons. The highest BCUT2D eigenvalue weighted by Gasteiger charge is 2.43. The fourth-order valence-corrected chi connectivity index (χ4v) is 3.73. The van der Waals surface area contributed by atoms with E-state index in [0.717, 1.165) is 0 Å². The third-order valence-corrected chi connectivity index (χ3v) is 5.14. The van der Waals surface area contributed by atoms with Crippen molar-refractivity contribution in [1.29, 1.82) is 0 Å². The lowest BCUT2D eigenvalue weighted by atomic mass is 10.2. The normalized spacial score (nSPS) is 15.3. The van der Waals surface area contributed by atoms with E-state index in [0.29, 0.717) is 17.3 Å². The monoisotopic (exact) mass is 342 g/mol. The SMILES string of the molecule is CCCNC(=O)CN1C(=O)c2cc(OC)c(OC)cc2S1(=O)=O. The third kappa shape index (κ3) is 2.96. The molecule has 2 amide bonds. The van der Waals surface area contributed by atoms with Crippen LogP contribution in [0.3, 0.4) is 0 Å². The number of ether oxygens (including phenoxy) is 2. The Kier molecular flexibility index (Phi) is 4.79. The Bertz CT molecular complexity index is 744. The zero-order chi connectivity index (χ0) is 17.2. The number of hydrogen-bond acceptors (Lipinski definition) is 6. The van der Waals surface area contributed by atoms with E-state index in [1.165, 1.54) is 26.4 Å². The lowest BCUT2D eigenvalue weighted by Gasteiger charge is -2.14. The van der Waals surface area contributed by atoms with Gasteiger partial charge in [0, 0.05) is 12.6 Å². The lowest BCUT2D eigenvalue weighted by molar-refractivity contribution is -0.121. The van der Waals surface area contributed by atoms with Crippen LogP contribution < -0.4 is 14.8 Å². The number of rotatable bonds is 6. The molecule has 23 heavy (non-hydrogen) atoms. The Morgan fingerprint density at radius 1 is 1.22 bits per heavy atom. The van der Waals surface area contributed by atoms with Crippen LogP contribution in [0.2, 0.25) is 0 Å². The number of amides is 2. The van der Waals surface area contributed by atoms with Gasteiger partial charge in [-0.2, -0.15) is 0 Å².